The van der Waals surface area contributed by atoms with Crippen LogP contribution in [0.3, 0.4) is 0 Å². The lowest BCUT2D eigenvalue weighted by molar-refractivity contribution is -0.121. The maximum Gasteiger partial charge on any atom is 0.338 e. The zero-order chi connectivity index (χ0) is 27.8. The van der Waals surface area contributed by atoms with Crippen LogP contribution < -0.4 is 10.1 Å². The smallest absolute Gasteiger partial charge is 0.338 e. The van der Waals surface area contributed by atoms with Gasteiger partial charge in [-0.3, -0.25) is 9.36 Å². The first-order valence-electron chi connectivity index (χ1n) is 12.8. The number of aryl methyl sites for hydroxylation is 1. The van der Waals surface area contributed by atoms with Crippen molar-refractivity contribution in [3.63, 3.8) is 0 Å². The fourth-order valence-corrected chi connectivity index (χ4v) is 4.79. The quantitative estimate of drug-likeness (QED) is 0.236. The Balaban J connectivity index is 1.93. The highest BCUT2D eigenvalue weighted by Crippen LogP contribution is 2.28. The molecule has 0 spiro atoms. The Bertz CT molecular complexity index is 1270. The zero-order valence-corrected chi connectivity index (χ0v) is 23.5. The second-order valence-electron chi connectivity index (χ2n) is 9.37. The van der Waals surface area contributed by atoms with E-state index >= 15 is 4.39 Å². The summed E-state index contributed by atoms with van der Waals surface area (Å²) in [6, 6.07) is 12.2. The average Bonchev–Trinajstić information content (AvgIpc) is 3.23. The minimum atomic E-state index is -0.486. The first kappa shape index (κ1) is 29.2. The van der Waals surface area contributed by atoms with E-state index in [1.165, 1.54) is 13.2 Å². The molecule has 0 saturated carbocycles. The Hall–Kier alpha value is -3.33. The van der Waals surface area contributed by atoms with Crippen LogP contribution in [0.5, 0.6) is 6.01 Å². The fraction of sp³-hybridized carbons (Fsp3) is 0.414. The largest absolute Gasteiger partial charge is 0.465 e. The highest BCUT2D eigenvalue weighted by Gasteiger charge is 2.22. The molecule has 0 fully saturated rings. The van der Waals surface area contributed by atoms with Crippen molar-refractivity contribution in [3.8, 4) is 17.1 Å². The number of imidazole rings is 1. The number of methoxy groups -OCH3 is 1. The van der Waals surface area contributed by atoms with Crippen molar-refractivity contribution in [3.05, 3.63) is 70.8 Å². The standard InChI is InChI=1S/C29H36FN3O4S/c1-6-24-25(16-31-27(34)26(38)14-18(3)4)33(29(32-24)37-7-2)17-20-13-12-19(15-23(20)30)21-10-8-9-11-22(21)28(35)36-5/h8-13,15,18,26,38H,6-7,14,16-17H2,1-5H3,(H,31,34)/t26-/m0/s1. The number of thiol groups is 1. The van der Waals surface area contributed by atoms with E-state index in [2.05, 4.69) is 22.9 Å². The number of halogens is 1. The number of hydrogen-bond acceptors (Lipinski definition) is 6. The number of amides is 1. The lowest BCUT2D eigenvalue weighted by Gasteiger charge is -2.16. The van der Waals surface area contributed by atoms with Crippen molar-refractivity contribution in [1.82, 2.24) is 14.9 Å². The monoisotopic (exact) mass is 541 g/mol. The third-order valence-corrected chi connectivity index (χ3v) is 6.63. The van der Waals surface area contributed by atoms with Crippen molar-refractivity contribution in [1.29, 1.82) is 0 Å². The van der Waals surface area contributed by atoms with Gasteiger partial charge in [-0.05, 0) is 48.9 Å². The van der Waals surface area contributed by atoms with Gasteiger partial charge in [0.2, 0.25) is 5.91 Å². The summed E-state index contributed by atoms with van der Waals surface area (Å²) in [5, 5.41) is 2.54. The van der Waals surface area contributed by atoms with Crippen molar-refractivity contribution in [2.24, 2.45) is 5.92 Å². The predicted octanol–water partition coefficient (Wildman–Crippen LogP) is 5.45. The lowest BCUT2D eigenvalue weighted by Crippen LogP contribution is -2.32. The van der Waals surface area contributed by atoms with Crippen molar-refractivity contribution >= 4 is 24.5 Å². The molecule has 0 radical (unpaired) electrons. The minimum absolute atomic E-state index is 0.158. The molecule has 0 aliphatic carbocycles. The molecule has 1 amide bonds. The van der Waals surface area contributed by atoms with E-state index < -0.39 is 17.0 Å². The van der Waals surface area contributed by atoms with Crippen molar-refractivity contribution in [2.75, 3.05) is 13.7 Å². The summed E-state index contributed by atoms with van der Waals surface area (Å²) in [4.78, 5) is 29.5. The number of aromatic nitrogens is 2. The second-order valence-corrected chi connectivity index (χ2v) is 9.99. The van der Waals surface area contributed by atoms with Gasteiger partial charge in [-0.1, -0.05) is 51.1 Å². The maximum absolute atomic E-state index is 15.4. The van der Waals surface area contributed by atoms with Crippen LogP contribution in [0.15, 0.2) is 42.5 Å². The number of carbonyl (C=O) groups excluding carboxylic acids is 2. The molecular formula is C29H36FN3O4S. The van der Waals surface area contributed by atoms with E-state index in [9.17, 15) is 9.59 Å². The summed E-state index contributed by atoms with van der Waals surface area (Å²) in [6.45, 7) is 8.70. The Kier molecular flexibility index (Phi) is 10.4. The average molecular weight is 542 g/mol. The predicted molar refractivity (Wildman–Crippen MR) is 149 cm³/mol. The van der Waals surface area contributed by atoms with Gasteiger partial charge < -0.3 is 14.8 Å². The van der Waals surface area contributed by atoms with Crippen LogP contribution in [0.4, 0.5) is 4.39 Å². The van der Waals surface area contributed by atoms with E-state index in [0.29, 0.717) is 53.6 Å². The van der Waals surface area contributed by atoms with E-state index in [0.717, 1.165) is 11.4 Å². The van der Waals surface area contributed by atoms with Gasteiger partial charge in [0.1, 0.15) is 5.82 Å². The topological polar surface area (TPSA) is 82.5 Å². The van der Waals surface area contributed by atoms with Crippen LogP contribution in [0.2, 0.25) is 0 Å². The minimum Gasteiger partial charge on any atom is -0.465 e. The SMILES string of the molecule is CCOc1nc(CC)c(CNC(=O)[C@@H](S)CC(C)C)n1Cc1ccc(-c2ccccc2C(=O)OC)cc1F. The third kappa shape index (κ3) is 6.95. The van der Waals surface area contributed by atoms with Gasteiger partial charge in [-0.25, -0.2) is 9.18 Å². The van der Waals surface area contributed by atoms with Gasteiger partial charge in [0.15, 0.2) is 0 Å². The summed E-state index contributed by atoms with van der Waals surface area (Å²) in [5.74, 6) is -0.733. The molecule has 38 heavy (non-hydrogen) atoms. The molecule has 0 unspecified atom stereocenters. The van der Waals surface area contributed by atoms with Crippen molar-refractivity contribution < 1.29 is 23.5 Å². The molecule has 9 heteroatoms. The molecule has 0 saturated heterocycles. The molecule has 1 N–H and O–H groups in total. The van der Waals surface area contributed by atoms with Crippen LogP contribution in [0, 0.1) is 11.7 Å². The number of nitrogens with zero attached hydrogens (tertiary/aromatic N) is 2. The molecule has 0 aliphatic rings. The first-order valence-corrected chi connectivity index (χ1v) is 13.3. The van der Waals surface area contributed by atoms with Gasteiger partial charge in [-0.2, -0.15) is 17.6 Å². The van der Waals surface area contributed by atoms with Crippen LogP contribution in [0.1, 0.15) is 61.4 Å². The summed E-state index contributed by atoms with van der Waals surface area (Å²) in [6.07, 6.45) is 1.29. The molecule has 1 atom stereocenters. The summed E-state index contributed by atoms with van der Waals surface area (Å²) in [5.41, 5.74) is 3.47. The molecule has 1 aromatic heterocycles. The number of esters is 1. The molecule has 3 rings (SSSR count). The van der Waals surface area contributed by atoms with Gasteiger partial charge >= 0.3 is 5.97 Å². The van der Waals surface area contributed by atoms with Crippen LogP contribution in [-0.4, -0.2) is 40.4 Å². The number of ether oxygens (including phenoxy) is 2. The van der Waals surface area contributed by atoms with Gasteiger partial charge in [0, 0.05) is 5.56 Å². The van der Waals surface area contributed by atoms with Gasteiger partial charge in [0.05, 0.1) is 49.0 Å². The van der Waals surface area contributed by atoms with E-state index in [4.69, 9.17) is 9.47 Å². The zero-order valence-electron chi connectivity index (χ0n) is 22.6. The highest BCUT2D eigenvalue weighted by molar-refractivity contribution is 7.81. The highest BCUT2D eigenvalue weighted by atomic mass is 32.1. The maximum atomic E-state index is 15.4. The van der Waals surface area contributed by atoms with Crippen molar-refractivity contribution in [2.45, 2.75) is 58.9 Å². The summed E-state index contributed by atoms with van der Waals surface area (Å²) < 4.78 is 27.9. The first-order chi connectivity index (χ1) is 18.2. The summed E-state index contributed by atoms with van der Waals surface area (Å²) >= 11 is 4.45. The van der Waals surface area contributed by atoms with Crippen LogP contribution in [-0.2, 0) is 29.0 Å². The number of nitrogens with one attached hydrogen (secondary N) is 1. The Morgan fingerprint density at radius 2 is 1.89 bits per heavy atom. The number of benzene rings is 2. The molecule has 0 bridgehead atoms. The fourth-order valence-electron chi connectivity index (χ4n) is 4.27. The number of carbonyl (C=O) groups is 2. The number of rotatable bonds is 12. The molecule has 7 nitrogen and oxygen atoms in total. The second kappa shape index (κ2) is 13.5. The Morgan fingerprint density at radius 3 is 2.53 bits per heavy atom. The molecule has 3 aromatic rings. The number of hydrogen-bond donors (Lipinski definition) is 2. The molecule has 1 heterocycles. The van der Waals surface area contributed by atoms with Gasteiger partial charge in [0.25, 0.3) is 6.01 Å². The van der Waals surface area contributed by atoms with E-state index in [1.54, 1.807) is 41.0 Å². The Morgan fingerprint density at radius 1 is 1.16 bits per heavy atom. The van der Waals surface area contributed by atoms with Gasteiger partial charge in [-0.15, -0.1) is 0 Å². The van der Waals surface area contributed by atoms with Crippen LogP contribution >= 0.6 is 12.6 Å². The Labute approximate surface area is 229 Å². The van der Waals surface area contributed by atoms with E-state index in [1.807, 2.05) is 27.7 Å². The molecule has 204 valence electrons. The molecule has 0 aliphatic heterocycles. The van der Waals surface area contributed by atoms with E-state index in [-0.39, 0.29) is 19.0 Å². The molecule has 2 aromatic carbocycles. The lowest BCUT2D eigenvalue weighted by atomic mass is 9.98. The third-order valence-electron chi connectivity index (χ3n) is 6.18. The normalized spacial score (nSPS) is 11.9. The van der Waals surface area contributed by atoms with Crippen LogP contribution in [0.25, 0.3) is 11.1 Å². The molecular weight excluding hydrogens is 505 g/mol. The summed E-state index contributed by atoms with van der Waals surface area (Å²) in [7, 11) is 1.31.